The first-order chi connectivity index (χ1) is 12.3. The lowest BCUT2D eigenvalue weighted by Gasteiger charge is -2.32. The van der Waals surface area contributed by atoms with Gasteiger partial charge in [0.15, 0.2) is 5.60 Å². The molecule has 0 aliphatic carbocycles. The van der Waals surface area contributed by atoms with Crippen molar-refractivity contribution >= 4 is 18.5 Å². The molecular formula is C18H23BF3NO4. The lowest BCUT2D eigenvalue weighted by molar-refractivity contribution is -0.164. The van der Waals surface area contributed by atoms with Gasteiger partial charge in [0.05, 0.1) is 11.2 Å². The number of rotatable bonds is 3. The summed E-state index contributed by atoms with van der Waals surface area (Å²) >= 11 is 0. The number of hydrogen-bond donors (Lipinski definition) is 1. The fourth-order valence-corrected chi connectivity index (χ4v) is 3.32. The Kier molecular flexibility index (Phi) is 4.64. The molecule has 0 aromatic heterocycles. The molecule has 2 heterocycles. The zero-order valence-corrected chi connectivity index (χ0v) is 15.8. The van der Waals surface area contributed by atoms with Gasteiger partial charge in [0.25, 0.3) is 5.91 Å². The summed E-state index contributed by atoms with van der Waals surface area (Å²) in [5, 5.41) is 10.8. The number of likely N-dealkylation sites (tertiary alicyclic amines) is 1. The Hall–Kier alpha value is -1.58. The monoisotopic (exact) mass is 385 g/mol. The summed E-state index contributed by atoms with van der Waals surface area (Å²) in [4.78, 5) is 13.1. The zero-order valence-electron chi connectivity index (χ0n) is 15.8. The van der Waals surface area contributed by atoms with Crippen LogP contribution < -0.4 is 5.46 Å². The number of carbonyl (C=O) groups excluding carboxylic acids is 1. The standard InChI is InChI=1S/C18H23BF3NO4/c1-15(2)16(3,4)27-19(26-15)13-7-5-6-12(10-13)17(25)8-9-23(14(17)24)11-18(20,21)22/h5-7,10,25H,8-9,11H2,1-4H3/t17-/m0/s1. The number of hydrogen-bond acceptors (Lipinski definition) is 4. The molecule has 0 bridgehead atoms. The Balaban J connectivity index is 1.85. The third-order valence-corrected chi connectivity index (χ3v) is 5.64. The summed E-state index contributed by atoms with van der Waals surface area (Å²) in [6.07, 6.45) is -4.61. The van der Waals surface area contributed by atoms with E-state index in [0.29, 0.717) is 10.4 Å². The summed E-state index contributed by atoms with van der Waals surface area (Å²) < 4.78 is 49.9. The van der Waals surface area contributed by atoms with Gasteiger partial charge in [-0.1, -0.05) is 24.3 Å². The van der Waals surface area contributed by atoms with Gasteiger partial charge in [-0.2, -0.15) is 13.2 Å². The van der Waals surface area contributed by atoms with Crippen LogP contribution in [0.3, 0.4) is 0 Å². The van der Waals surface area contributed by atoms with E-state index < -0.39 is 42.5 Å². The Morgan fingerprint density at radius 2 is 1.78 bits per heavy atom. The van der Waals surface area contributed by atoms with Crippen molar-refractivity contribution in [2.75, 3.05) is 13.1 Å². The van der Waals surface area contributed by atoms with Gasteiger partial charge in [0, 0.05) is 13.0 Å². The van der Waals surface area contributed by atoms with E-state index in [2.05, 4.69) is 0 Å². The first-order valence-corrected chi connectivity index (χ1v) is 8.80. The van der Waals surface area contributed by atoms with Gasteiger partial charge >= 0.3 is 13.3 Å². The lowest BCUT2D eigenvalue weighted by atomic mass is 9.76. The Morgan fingerprint density at radius 1 is 1.19 bits per heavy atom. The highest BCUT2D eigenvalue weighted by Crippen LogP contribution is 2.38. The maximum absolute atomic E-state index is 12.6. The van der Waals surface area contributed by atoms with Crippen LogP contribution >= 0.6 is 0 Å². The van der Waals surface area contributed by atoms with Crippen LogP contribution in [0.5, 0.6) is 0 Å². The van der Waals surface area contributed by atoms with Crippen molar-refractivity contribution in [3.05, 3.63) is 29.8 Å². The minimum absolute atomic E-state index is 0.102. The predicted molar refractivity (Wildman–Crippen MR) is 93.3 cm³/mol. The molecule has 1 aromatic carbocycles. The minimum Gasteiger partial charge on any atom is -0.399 e. The number of nitrogens with zero attached hydrogens (tertiary/aromatic N) is 1. The van der Waals surface area contributed by atoms with Crippen LogP contribution in [0.2, 0.25) is 0 Å². The third-order valence-electron chi connectivity index (χ3n) is 5.64. The van der Waals surface area contributed by atoms with Gasteiger partial charge < -0.3 is 19.3 Å². The largest absolute Gasteiger partial charge is 0.494 e. The zero-order chi connectivity index (χ0) is 20.3. The van der Waals surface area contributed by atoms with Crippen molar-refractivity contribution in [3.63, 3.8) is 0 Å². The van der Waals surface area contributed by atoms with Gasteiger partial charge in [-0.15, -0.1) is 0 Å². The number of amides is 1. The van der Waals surface area contributed by atoms with Crippen molar-refractivity contribution in [2.24, 2.45) is 0 Å². The van der Waals surface area contributed by atoms with E-state index in [1.807, 2.05) is 27.7 Å². The van der Waals surface area contributed by atoms with Gasteiger partial charge in [-0.05, 0) is 38.7 Å². The first-order valence-electron chi connectivity index (χ1n) is 8.80. The molecule has 5 nitrogen and oxygen atoms in total. The average Bonchev–Trinajstić information content (AvgIpc) is 2.94. The normalized spacial score (nSPS) is 27.5. The van der Waals surface area contributed by atoms with E-state index in [-0.39, 0.29) is 18.5 Å². The predicted octanol–water partition coefficient (Wildman–Crippen LogP) is 1.97. The molecule has 1 aromatic rings. The minimum atomic E-state index is -4.51. The van der Waals surface area contributed by atoms with Crippen LogP contribution in [0.1, 0.15) is 39.7 Å². The van der Waals surface area contributed by atoms with Crippen LogP contribution in [0.15, 0.2) is 24.3 Å². The summed E-state index contributed by atoms with van der Waals surface area (Å²) in [5.74, 6) is -0.939. The molecule has 2 aliphatic heterocycles. The molecule has 0 radical (unpaired) electrons. The Morgan fingerprint density at radius 3 is 2.33 bits per heavy atom. The molecule has 2 fully saturated rings. The number of halogens is 3. The number of benzene rings is 1. The van der Waals surface area contributed by atoms with Crippen LogP contribution in [0.4, 0.5) is 13.2 Å². The molecule has 27 heavy (non-hydrogen) atoms. The molecule has 0 spiro atoms. The van der Waals surface area contributed by atoms with E-state index in [4.69, 9.17) is 9.31 Å². The van der Waals surface area contributed by atoms with Crippen molar-refractivity contribution in [1.29, 1.82) is 0 Å². The summed E-state index contributed by atoms with van der Waals surface area (Å²) in [7, 11) is -0.693. The van der Waals surface area contributed by atoms with Crippen LogP contribution in [-0.4, -0.2) is 53.5 Å². The second kappa shape index (κ2) is 6.22. The van der Waals surface area contributed by atoms with Gasteiger partial charge in [0.2, 0.25) is 0 Å². The van der Waals surface area contributed by atoms with Gasteiger partial charge in [0.1, 0.15) is 6.54 Å². The third kappa shape index (κ3) is 3.60. The second-order valence-corrected chi connectivity index (χ2v) is 8.17. The van der Waals surface area contributed by atoms with E-state index in [1.54, 1.807) is 18.2 Å². The van der Waals surface area contributed by atoms with Crippen LogP contribution in [0.25, 0.3) is 0 Å². The lowest BCUT2D eigenvalue weighted by Crippen LogP contribution is -2.42. The average molecular weight is 385 g/mol. The molecule has 148 valence electrons. The highest BCUT2D eigenvalue weighted by atomic mass is 19.4. The molecule has 1 atom stereocenters. The SMILES string of the molecule is CC1(C)OB(c2cccc([C@@]3(O)CCN(CC(F)(F)F)C3=O)c2)OC1(C)C. The molecule has 9 heteroatoms. The van der Waals surface area contributed by atoms with E-state index in [9.17, 15) is 23.1 Å². The van der Waals surface area contributed by atoms with Crippen molar-refractivity contribution in [3.8, 4) is 0 Å². The molecule has 3 rings (SSSR count). The Labute approximate surface area is 156 Å². The molecular weight excluding hydrogens is 362 g/mol. The number of carbonyl (C=O) groups is 1. The van der Waals surface area contributed by atoms with Gasteiger partial charge in [-0.3, -0.25) is 4.79 Å². The molecule has 1 N–H and O–H groups in total. The highest BCUT2D eigenvalue weighted by Gasteiger charge is 2.53. The number of alkyl halides is 3. The van der Waals surface area contributed by atoms with Crippen molar-refractivity contribution in [2.45, 2.75) is 57.1 Å². The smallest absolute Gasteiger partial charge is 0.399 e. The summed E-state index contributed by atoms with van der Waals surface area (Å²) in [5.41, 5.74) is -2.26. The van der Waals surface area contributed by atoms with E-state index in [0.717, 1.165) is 0 Å². The fourth-order valence-electron chi connectivity index (χ4n) is 3.32. The molecule has 0 unspecified atom stereocenters. The molecule has 1 amide bonds. The van der Waals surface area contributed by atoms with Crippen LogP contribution in [-0.2, 0) is 19.7 Å². The molecule has 2 aliphatic rings. The van der Waals surface area contributed by atoms with Crippen LogP contribution in [0, 0.1) is 0 Å². The molecule has 2 saturated heterocycles. The van der Waals surface area contributed by atoms with E-state index >= 15 is 0 Å². The van der Waals surface area contributed by atoms with Crippen molar-refractivity contribution in [1.82, 2.24) is 4.90 Å². The quantitative estimate of drug-likeness (QED) is 0.809. The summed E-state index contributed by atoms with van der Waals surface area (Å²) in [6.45, 7) is 6.08. The number of aliphatic hydroxyl groups is 1. The second-order valence-electron chi connectivity index (χ2n) is 8.17. The topological polar surface area (TPSA) is 59.0 Å². The van der Waals surface area contributed by atoms with E-state index in [1.165, 1.54) is 6.07 Å². The Bertz CT molecular complexity index is 736. The summed E-state index contributed by atoms with van der Waals surface area (Å²) in [6, 6.07) is 6.47. The maximum atomic E-state index is 12.6. The van der Waals surface area contributed by atoms with Crippen molar-refractivity contribution < 1.29 is 32.4 Å². The highest BCUT2D eigenvalue weighted by molar-refractivity contribution is 6.62. The molecule has 0 saturated carbocycles. The fraction of sp³-hybridized carbons (Fsp3) is 0.611. The first kappa shape index (κ1) is 20.2. The van der Waals surface area contributed by atoms with Gasteiger partial charge in [-0.25, -0.2) is 0 Å². The maximum Gasteiger partial charge on any atom is 0.494 e.